The van der Waals surface area contributed by atoms with Gasteiger partial charge in [0, 0.05) is 11.1 Å². The SMILES string of the molecule is COC(=O)C1(C(=O)OC)C[C@@H]2C[C@@]3(c4ccccc4)Nc4ccccc4[C@@]23C1. The molecule has 28 heavy (non-hydrogen) atoms. The summed E-state index contributed by atoms with van der Waals surface area (Å²) in [7, 11) is 2.69. The molecular formula is C23H23NO4. The fraction of sp³-hybridized carbons (Fsp3) is 0.391. The minimum Gasteiger partial charge on any atom is -0.468 e. The molecular weight excluding hydrogens is 354 g/mol. The van der Waals surface area contributed by atoms with Crippen LogP contribution in [0.4, 0.5) is 5.69 Å². The quantitative estimate of drug-likeness (QED) is 0.656. The van der Waals surface area contributed by atoms with Gasteiger partial charge in [0.1, 0.15) is 0 Å². The molecule has 3 aliphatic rings. The van der Waals surface area contributed by atoms with Gasteiger partial charge >= 0.3 is 11.9 Å². The third-order valence-electron chi connectivity index (χ3n) is 7.36. The van der Waals surface area contributed by atoms with E-state index in [0.29, 0.717) is 12.8 Å². The molecule has 2 aliphatic carbocycles. The number of fused-ring (bicyclic) bond motifs is 1. The number of ether oxygens (including phenoxy) is 2. The first kappa shape index (κ1) is 17.3. The zero-order valence-corrected chi connectivity index (χ0v) is 16.0. The van der Waals surface area contributed by atoms with Crippen LogP contribution in [0.1, 0.15) is 30.4 Å². The highest BCUT2D eigenvalue weighted by atomic mass is 16.5. The van der Waals surface area contributed by atoms with E-state index < -0.39 is 17.4 Å². The molecule has 5 nitrogen and oxygen atoms in total. The van der Waals surface area contributed by atoms with E-state index in [-0.39, 0.29) is 16.9 Å². The van der Waals surface area contributed by atoms with Crippen LogP contribution < -0.4 is 5.32 Å². The highest BCUT2D eigenvalue weighted by molar-refractivity contribution is 6.01. The molecule has 1 spiro atoms. The molecule has 0 unspecified atom stereocenters. The molecule has 5 heteroatoms. The number of rotatable bonds is 3. The first-order chi connectivity index (χ1) is 13.5. The third-order valence-corrected chi connectivity index (χ3v) is 7.36. The highest BCUT2D eigenvalue weighted by Gasteiger charge is 2.78. The lowest BCUT2D eigenvalue weighted by atomic mass is 9.46. The fourth-order valence-corrected chi connectivity index (χ4v) is 6.33. The van der Waals surface area contributed by atoms with E-state index in [9.17, 15) is 9.59 Å². The second-order valence-corrected chi connectivity index (χ2v) is 8.26. The molecule has 2 aromatic carbocycles. The maximum absolute atomic E-state index is 12.8. The number of carbonyl (C=O) groups is 2. The predicted octanol–water partition coefficient (Wildman–Crippen LogP) is 3.39. The summed E-state index contributed by atoms with van der Waals surface area (Å²) in [5.74, 6) is -0.786. The number of carbonyl (C=O) groups excluding carboxylic acids is 2. The first-order valence-electron chi connectivity index (χ1n) is 9.64. The van der Waals surface area contributed by atoms with E-state index in [0.717, 1.165) is 12.1 Å². The maximum atomic E-state index is 12.8. The van der Waals surface area contributed by atoms with E-state index in [1.54, 1.807) is 0 Å². The molecule has 144 valence electrons. The summed E-state index contributed by atoms with van der Waals surface area (Å²) in [5.41, 5.74) is 1.53. The number of esters is 2. The van der Waals surface area contributed by atoms with Gasteiger partial charge in [-0.3, -0.25) is 9.59 Å². The Kier molecular flexibility index (Phi) is 3.46. The van der Waals surface area contributed by atoms with E-state index in [1.165, 1.54) is 25.3 Å². The van der Waals surface area contributed by atoms with Crippen molar-refractivity contribution in [2.75, 3.05) is 19.5 Å². The molecule has 5 rings (SSSR count). The average Bonchev–Trinajstić information content (AvgIpc) is 3.15. The van der Waals surface area contributed by atoms with Crippen LogP contribution in [0.3, 0.4) is 0 Å². The highest BCUT2D eigenvalue weighted by Crippen LogP contribution is 2.76. The first-order valence-corrected chi connectivity index (χ1v) is 9.64. The van der Waals surface area contributed by atoms with Crippen LogP contribution in [0.15, 0.2) is 54.6 Å². The lowest BCUT2D eigenvalue weighted by molar-refractivity contribution is -0.169. The van der Waals surface area contributed by atoms with Gasteiger partial charge in [0.05, 0.1) is 19.8 Å². The topological polar surface area (TPSA) is 64.6 Å². The molecule has 0 aromatic heterocycles. The van der Waals surface area contributed by atoms with Gasteiger partial charge in [0.2, 0.25) is 0 Å². The normalized spacial score (nSPS) is 30.9. The third kappa shape index (κ3) is 1.77. The average molecular weight is 377 g/mol. The molecule has 2 aromatic rings. The molecule has 1 aliphatic heterocycles. The largest absolute Gasteiger partial charge is 0.468 e. The summed E-state index contributed by atoms with van der Waals surface area (Å²) in [6.07, 6.45) is 1.71. The summed E-state index contributed by atoms with van der Waals surface area (Å²) < 4.78 is 10.2. The van der Waals surface area contributed by atoms with Crippen molar-refractivity contribution >= 4 is 17.6 Å². The lowest BCUT2D eigenvalue weighted by Gasteiger charge is -2.59. The Labute approximate surface area is 164 Å². The Bertz CT molecular complexity index is 956. The zero-order valence-electron chi connectivity index (χ0n) is 16.0. The summed E-state index contributed by atoms with van der Waals surface area (Å²) >= 11 is 0. The predicted molar refractivity (Wildman–Crippen MR) is 104 cm³/mol. The smallest absolute Gasteiger partial charge is 0.323 e. The zero-order chi connectivity index (χ0) is 19.6. The van der Waals surface area contributed by atoms with Crippen LogP contribution in [-0.4, -0.2) is 26.2 Å². The number of nitrogens with one attached hydrogen (secondary N) is 1. The van der Waals surface area contributed by atoms with Crippen molar-refractivity contribution in [3.8, 4) is 0 Å². The Balaban J connectivity index is 1.72. The molecule has 0 amide bonds. The Hall–Kier alpha value is -2.82. The second kappa shape index (κ2) is 5.60. The fourth-order valence-electron chi connectivity index (χ4n) is 6.33. The molecule has 0 bridgehead atoms. The Morgan fingerprint density at radius 1 is 0.929 bits per heavy atom. The molecule has 0 saturated heterocycles. The van der Waals surface area contributed by atoms with Crippen molar-refractivity contribution in [3.05, 3.63) is 65.7 Å². The summed E-state index contributed by atoms with van der Waals surface area (Å²) in [6.45, 7) is 0. The molecule has 0 radical (unpaired) electrons. The summed E-state index contributed by atoms with van der Waals surface area (Å²) in [4.78, 5) is 25.7. The van der Waals surface area contributed by atoms with Crippen molar-refractivity contribution in [1.29, 1.82) is 0 Å². The standard InChI is InChI=1S/C23H23NO4/c1-27-19(25)21(20(26)28-2)12-16-13-23(15-8-4-3-5-9-15)22(16,14-21)17-10-6-7-11-18(17)24-23/h3-11,16,24H,12-14H2,1-2H3/t16-,22-,23+/m1/s1. The van der Waals surface area contributed by atoms with E-state index in [1.807, 2.05) is 30.3 Å². The van der Waals surface area contributed by atoms with Crippen LogP contribution in [0.2, 0.25) is 0 Å². The van der Waals surface area contributed by atoms with Crippen molar-refractivity contribution in [1.82, 2.24) is 0 Å². The number of hydrogen-bond acceptors (Lipinski definition) is 5. The van der Waals surface area contributed by atoms with Crippen molar-refractivity contribution < 1.29 is 19.1 Å². The van der Waals surface area contributed by atoms with Crippen LogP contribution in [-0.2, 0) is 30.0 Å². The van der Waals surface area contributed by atoms with Gasteiger partial charge in [-0.15, -0.1) is 0 Å². The van der Waals surface area contributed by atoms with Crippen molar-refractivity contribution in [3.63, 3.8) is 0 Å². The van der Waals surface area contributed by atoms with Gasteiger partial charge in [0.15, 0.2) is 5.41 Å². The minimum absolute atomic E-state index is 0.196. The molecule has 1 heterocycles. The van der Waals surface area contributed by atoms with Gasteiger partial charge in [-0.05, 0) is 42.4 Å². The number of para-hydroxylation sites is 1. The molecule has 2 saturated carbocycles. The van der Waals surface area contributed by atoms with Gasteiger partial charge in [-0.2, -0.15) is 0 Å². The Morgan fingerprint density at radius 2 is 1.57 bits per heavy atom. The number of methoxy groups -OCH3 is 2. The number of anilines is 1. The monoisotopic (exact) mass is 377 g/mol. The van der Waals surface area contributed by atoms with Crippen LogP contribution in [0.25, 0.3) is 0 Å². The van der Waals surface area contributed by atoms with Gasteiger partial charge in [0.25, 0.3) is 0 Å². The minimum atomic E-state index is -1.26. The van der Waals surface area contributed by atoms with Crippen molar-refractivity contribution in [2.24, 2.45) is 11.3 Å². The molecule has 1 N–H and O–H groups in total. The molecule has 2 fully saturated rings. The van der Waals surface area contributed by atoms with Crippen molar-refractivity contribution in [2.45, 2.75) is 30.2 Å². The van der Waals surface area contributed by atoms with Gasteiger partial charge in [-0.25, -0.2) is 0 Å². The van der Waals surface area contributed by atoms with Crippen LogP contribution in [0, 0.1) is 11.3 Å². The van der Waals surface area contributed by atoms with E-state index >= 15 is 0 Å². The number of benzene rings is 2. The number of hydrogen-bond donors (Lipinski definition) is 1. The van der Waals surface area contributed by atoms with Crippen LogP contribution in [0.5, 0.6) is 0 Å². The van der Waals surface area contributed by atoms with E-state index in [4.69, 9.17) is 9.47 Å². The summed E-state index contributed by atoms with van der Waals surface area (Å²) in [5, 5.41) is 3.77. The maximum Gasteiger partial charge on any atom is 0.323 e. The van der Waals surface area contributed by atoms with Crippen LogP contribution >= 0.6 is 0 Å². The van der Waals surface area contributed by atoms with Gasteiger partial charge < -0.3 is 14.8 Å². The van der Waals surface area contributed by atoms with Gasteiger partial charge in [-0.1, -0.05) is 48.5 Å². The second-order valence-electron chi connectivity index (χ2n) is 8.26. The Morgan fingerprint density at radius 3 is 2.25 bits per heavy atom. The molecule has 3 atom stereocenters. The summed E-state index contributed by atoms with van der Waals surface area (Å²) in [6, 6.07) is 18.6. The van der Waals surface area contributed by atoms with E-state index in [2.05, 4.69) is 29.6 Å². The lowest BCUT2D eigenvalue weighted by Crippen LogP contribution is -2.62.